The van der Waals surface area contributed by atoms with Crippen molar-refractivity contribution in [3.63, 3.8) is 0 Å². The number of nitrogens with one attached hydrogen (secondary N) is 1. The predicted octanol–water partition coefficient (Wildman–Crippen LogP) is 4.86. The highest BCUT2D eigenvalue weighted by Gasteiger charge is 2.05. The van der Waals surface area contributed by atoms with Crippen molar-refractivity contribution in [1.29, 1.82) is 0 Å². The summed E-state index contributed by atoms with van der Waals surface area (Å²) in [6.07, 6.45) is 1.12. The summed E-state index contributed by atoms with van der Waals surface area (Å²) in [4.78, 5) is 11.9. The van der Waals surface area contributed by atoms with Crippen molar-refractivity contribution in [2.24, 2.45) is 0 Å². The first-order chi connectivity index (χ1) is 10.6. The SMILES string of the molecule is Cc1ccc(OCCCC(=O)Nc2ccccc2C)c(Br)c1. The second kappa shape index (κ2) is 7.99. The fourth-order valence-corrected chi connectivity index (χ4v) is 2.67. The van der Waals surface area contributed by atoms with Gasteiger partial charge in [-0.05, 0) is 65.5 Å². The van der Waals surface area contributed by atoms with Gasteiger partial charge in [0.2, 0.25) is 5.91 Å². The van der Waals surface area contributed by atoms with Crippen LogP contribution in [0.15, 0.2) is 46.9 Å². The lowest BCUT2D eigenvalue weighted by atomic mass is 10.2. The normalized spacial score (nSPS) is 10.3. The number of para-hydroxylation sites is 1. The lowest BCUT2D eigenvalue weighted by Gasteiger charge is -2.10. The van der Waals surface area contributed by atoms with Crippen molar-refractivity contribution >= 4 is 27.5 Å². The topological polar surface area (TPSA) is 38.3 Å². The third-order valence-electron chi connectivity index (χ3n) is 3.31. The summed E-state index contributed by atoms with van der Waals surface area (Å²) >= 11 is 3.48. The van der Waals surface area contributed by atoms with Gasteiger partial charge in [0, 0.05) is 12.1 Å². The first-order valence-corrected chi connectivity index (χ1v) is 8.10. The molecule has 0 unspecified atom stereocenters. The molecule has 2 rings (SSSR count). The minimum Gasteiger partial charge on any atom is -0.492 e. The van der Waals surface area contributed by atoms with Crippen LogP contribution in [-0.2, 0) is 4.79 Å². The summed E-state index contributed by atoms with van der Waals surface area (Å²) in [5.74, 6) is 0.825. The van der Waals surface area contributed by atoms with Crippen LogP contribution in [0.25, 0.3) is 0 Å². The Morgan fingerprint density at radius 1 is 1.18 bits per heavy atom. The van der Waals surface area contributed by atoms with E-state index in [4.69, 9.17) is 4.74 Å². The number of aryl methyl sites for hydroxylation is 2. The van der Waals surface area contributed by atoms with Crippen LogP contribution in [-0.4, -0.2) is 12.5 Å². The van der Waals surface area contributed by atoms with E-state index in [1.807, 2.05) is 56.3 Å². The molecule has 0 spiro atoms. The number of carbonyl (C=O) groups excluding carboxylic acids is 1. The minimum absolute atomic E-state index is 0.0147. The molecule has 1 amide bonds. The first-order valence-electron chi connectivity index (χ1n) is 7.30. The number of halogens is 1. The number of hydrogen-bond acceptors (Lipinski definition) is 2. The van der Waals surface area contributed by atoms with E-state index in [9.17, 15) is 4.79 Å². The molecule has 0 aliphatic carbocycles. The van der Waals surface area contributed by atoms with E-state index in [0.717, 1.165) is 21.5 Å². The van der Waals surface area contributed by atoms with Crippen LogP contribution in [0.5, 0.6) is 5.75 Å². The van der Waals surface area contributed by atoms with Crippen LogP contribution in [0.1, 0.15) is 24.0 Å². The zero-order valence-electron chi connectivity index (χ0n) is 12.9. The number of benzene rings is 2. The van der Waals surface area contributed by atoms with Gasteiger partial charge in [0.25, 0.3) is 0 Å². The Balaban J connectivity index is 1.74. The largest absolute Gasteiger partial charge is 0.492 e. The monoisotopic (exact) mass is 361 g/mol. The molecule has 0 atom stereocenters. The van der Waals surface area contributed by atoms with Crippen LogP contribution >= 0.6 is 15.9 Å². The predicted molar refractivity (Wildman–Crippen MR) is 93.4 cm³/mol. The molecular formula is C18H20BrNO2. The van der Waals surface area contributed by atoms with Gasteiger partial charge in [0.05, 0.1) is 11.1 Å². The van der Waals surface area contributed by atoms with Gasteiger partial charge >= 0.3 is 0 Å². The van der Waals surface area contributed by atoms with E-state index in [-0.39, 0.29) is 5.91 Å². The lowest BCUT2D eigenvalue weighted by Crippen LogP contribution is -2.13. The molecule has 2 aromatic rings. The summed E-state index contributed by atoms with van der Waals surface area (Å²) in [6.45, 7) is 4.53. The van der Waals surface area contributed by atoms with Crippen LogP contribution in [0.2, 0.25) is 0 Å². The summed E-state index contributed by atoms with van der Waals surface area (Å²) in [5, 5.41) is 2.92. The third-order valence-corrected chi connectivity index (χ3v) is 3.93. The summed E-state index contributed by atoms with van der Waals surface area (Å²) in [5.41, 5.74) is 3.11. The zero-order chi connectivity index (χ0) is 15.9. The molecular weight excluding hydrogens is 342 g/mol. The molecule has 0 bridgehead atoms. The third kappa shape index (κ3) is 4.88. The van der Waals surface area contributed by atoms with Crippen LogP contribution in [0.4, 0.5) is 5.69 Å². The second-order valence-electron chi connectivity index (χ2n) is 5.25. The number of amides is 1. The van der Waals surface area contributed by atoms with Gasteiger partial charge in [0.15, 0.2) is 0 Å². The van der Waals surface area contributed by atoms with Gasteiger partial charge in [-0.1, -0.05) is 24.3 Å². The maximum absolute atomic E-state index is 11.9. The van der Waals surface area contributed by atoms with E-state index in [2.05, 4.69) is 21.2 Å². The maximum Gasteiger partial charge on any atom is 0.224 e. The standard InChI is InChI=1S/C18H20BrNO2/c1-13-9-10-17(15(19)12-13)22-11-5-8-18(21)20-16-7-4-3-6-14(16)2/h3-4,6-7,9-10,12H,5,8,11H2,1-2H3,(H,20,21). The molecule has 0 saturated carbocycles. The Bertz CT molecular complexity index is 655. The Kier molecular flexibility index (Phi) is 6.01. The quantitative estimate of drug-likeness (QED) is 0.745. The molecule has 0 saturated heterocycles. The number of ether oxygens (including phenoxy) is 1. The van der Waals surface area contributed by atoms with Gasteiger partial charge < -0.3 is 10.1 Å². The Morgan fingerprint density at radius 3 is 2.68 bits per heavy atom. The molecule has 3 nitrogen and oxygen atoms in total. The van der Waals surface area contributed by atoms with Crippen LogP contribution in [0.3, 0.4) is 0 Å². The first kappa shape index (κ1) is 16.6. The molecule has 0 aromatic heterocycles. The number of carbonyl (C=O) groups is 1. The molecule has 4 heteroatoms. The average Bonchev–Trinajstić information content (AvgIpc) is 2.48. The zero-order valence-corrected chi connectivity index (χ0v) is 14.4. The van der Waals surface area contributed by atoms with Crippen molar-refractivity contribution < 1.29 is 9.53 Å². The molecule has 0 aliphatic heterocycles. The van der Waals surface area contributed by atoms with Crippen molar-refractivity contribution in [1.82, 2.24) is 0 Å². The van der Waals surface area contributed by atoms with Crippen molar-refractivity contribution in [3.05, 3.63) is 58.1 Å². The van der Waals surface area contributed by atoms with E-state index in [0.29, 0.717) is 19.4 Å². The Morgan fingerprint density at radius 2 is 1.95 bits per heavy atom. The molecule has 0 radical (unpaired) electrons. The van der Waals surface area contributed by atoms with E-state index in [1.165, 1.54) is 5.56 Å². The summed E-state index contributed by atoms with van der Waals surface area (Å²) in [7, 11) is 0. The summed E-state index contributed by atoms with van der Waals surface area (Å²) in [6, 6.07) is 13.7. The molecule has 0 aliphatic rings. The van der Waals surface area contributed by atoms with Crippen molar-refractivity contribution in [2.75, 3.05) is 11.9 Å². The number of rotatable bonds is 6. The van der Waals surface area contributed by atoms with Gasteiger partial charge in [0.1, 0.15) is 5.75 Å². The molecule has 0 heterocycles. The lowest BCUT2D eigenvalue weighted by molar-refractivity contribution is -0.116. The van der Waals surface area contributed by atoms with E-state index >= 15 is 0 Å². The highest BCUT2D eigenvalue weighted by atomic mass is 79.9. The van der Waals surface area contributed by atoms with Crippen LogP contribution in [0, 0.1) is 13.8 Å². The van der Waals surface area contributed by atoms with Crippen molar-refractivity contribution in [2.45, 2.75) is 26.7 Å². The maximum atomic E-state index is 11.9. The number of anilines is 1. The van der Waals surface area contributed by atoms with Gasteiger partial charge in [-0.15, -0.1) is 0 Å². The highest BCUT2D eigenvalue weighted by molar-refractivity contribution is 9.10. The molecule has 22 heavy (non-hydrogen) atoms. The Labute approximate surface area is 139 Å². The van der Waals surface area contributed by atoms with Crippen molar-refractivity contribution in [3.8, 4) is 5.75 Å². The van der Waals surface area contributed by atoms with Gasteiger partial charge in [-0.25, -0.2) is 0 Å². The fourth-order valence-electron chi connectivity index (χ4n) is 2.06. The van der Waals surface area contributed by atoms with E-state index < -0.39 is 0 Å². The molecule has 1 N–H and O–H groups in total. The summed E-state index contributed by atoms with van der Waals surface area (Å²) < 4.78 is 6.63. The van der Waals surface area contributed by atoms with Gasteiger partial charge in [-0.2, -0.15) is 0 Å². The smallest absolute Gasteiger partial charge is 0.224 e. The second-order valence-corrected chi connectivity index (χ2v) is 6.10. The highest BCUT2D eigenvalue weighted by Crippen LogP contribution is 2.25. The average molecular weight is 362 g/mol. The Hall–Kier alpha value is -1.81. The number of hydrogen-bond donors (Lipinski definition) is 1. The minimum atomic E-state index is 0.0147. The van der Waals surface area contributed by atoms with E-state index in [1.54, 1.807) is 0 Å². The molecule has 2 aromatic carbocycles. The van der Waals surface area contributed by atoms with Crippen LogP contribution < -0.4 is 10.1 Å². The molecule has 0 fully saturated rings. The fraction of sp³-hybridized carbons (Fsp3) is 0.278. The van der Waals surface area contributed by atoms with Gasteiger partial charge in [-0.3, -0.25) is 4.79 Å². The molecule has 116 valence electrons.